The average molecular weight is 496 g/mol. The third kappa shape index (κ3) is 5.32. The highest BCUT2D eigenvalue weighted by atomic mass is 79.9. The van der Waals surface area contributed by atoms with Crippen molar-refractivity contribution < 1.29 is 18.5 Å². The van der Waals surface area contributed by atoms with Crippen molar-refractivity contribution >= 4 is 49.9 Å². The minimum absolute atomic E-state index is 0.0251. The molecule has 1 unspecified atom stereocenters. The highest BCUT2D eigenvalue weighted by Crippen LogP contribution is 2.36. The summed E-state index contributed by atoms with van der Waals surface area (Å²) < 4.78 is 29.8. The summed E-state index contributed by atoms with van der Waals surface area (Å²) in [6, 6.07) is 13.8. The molecule has 1 aromatic heterocycles. The van der Waals surface area contributed by atoms with Crippen molar-refractivity contribution in [3.05, 3.63) is 69.3 Å². The summed E-state index contributed by atoms with van der Waals surface area (Å²) in [6.45, 7) is 4.30. The van der Waals surface area contributed by atoms with Crippen LogP contribution in [0.1, 0.15) is 29.1 Å². The van der Waals surface area contributed by atoms with Crippen molar-refractivity contribution in [1.29, 1.82) is 0 Å². The van der Waals surface area contributed by atoms with Crippen LogP contribution in [0, 0.1) is 11.7 Å². The molecule has 1 heterocycles. The van der Waals surface area contributed by atoms with Crippen LogP contribution in [-0.2, 0) is 17.4 Å². The molecule has 0 aliphatic rings. The fraction of sp³-hybridized carbons (Fsp3) is 0.190. The summed E-state index contributed by atoms with van der Waals surface area (Å²) in [5.41, 5.74) is 2.28. The lowest BCUT2D eigenvalue weighted by molar-refractivity contribution is 0.0703. The van der Waals surface area contributed by atoms with E-state index in [1.165, 1.54) is 17.7 Å². The second kappa shape index (κ2) is 9.19. The van der Waals surface area contributed by atoms with E-state index in [2.05, 4.69) is 34.5 Å². The first-order valence-electron chi connectivity index (χ1n) is 8.84. The number of carboxylic acid groups (broad SMARTS) is 1. The van der Waals surface area contributed by atoms with E-state index in [4.69, 9.17) is 0 Å². The van der Waals surface area contributed by atoms with Crippen LogP contribution in [0.2, 0.25) is 0 Å². The Labute approximate surface area is 183 Å². The van der Waals surface area contributed by atoms with Gasteiger partial charge in [0.1, 0.15) is 10.7 Å². The molecule has 0 saturated carbocycles. The molecule has 0 bridgehead atoms. The number of nitrogens with one attached hydrogen (secondary N) is 1. The molecule has 2 aromatic carbocycles. The van der Waals surface area contributed by atoms with Crippen LogP contribution < -0.4 is 4.72 Å². The van der Waals surface area contributed by atoms with Gasteiger partial charge in [-0.3, -0.25) is 4.72 Å². The number of hydrogen-bond donors (Lipinski definition) is 2. The molecule has 0 aliphatic heterocycles. The van der Waals surface area contributed by atoms with E-state index in [1.807, 2.05) is 24.3 Å². The van der Waals surface area contributed by atoms with Crippen molar-refractivity contribution in [3.8, 4) is 10.4 Å². The Morgan fingerprint density at radius 3 is 2.48 bits per heavy atom. The number of thiophene rings is 1. The maximum atomic E-state index is 14.1. The van der Waals surface area contributed by atoms with E-state index in [9.17, 15) is 18.5 Å². The zero-order valence-corrected chi connectivity index (χ0v) is 19.0. The van der Waals surface area contributed by atoms with Crippen LogP contribution in [0.5, 0.6) is 0 Å². The quantitative estimate of drug-likeness (QED) is 0.401. The van der Waals surface area contributed by atoms with Crippen LogP contribution >= 0.6 is 27.3 Å². The Hall–Kier alpha value is -2.03. The van der Waals surface area contributed by atoms with Gasteiger partial charge in [-0.1, -0.05) is 54.0 Å². The molecule has 0 fully saturated rings. The van der Waals surface area contributed by atoms with Gasteiger partial charge in [0.2, 0.25) is 0 Å². The van der Waals surface area contributed by atoms with E-state index in [0.29, 0.717) is 10.4 Å². The first-order valence-corrected chi connectivity index (χ1v) is 11.6. The Morgan fingerprint density at radius 2 is 1.90 bits per heavy atom. The molecule has 3 aromatic rings. The molecule has 152 valence electrons. The summed E-state index contributed by atoms with van der Waals surface area (Å²) in [5.74, 6) is -1.22. The zero-order chi connectivity index (χ0) is 21.1. The first kappa shape index (κ1) is 21.7. The summed E-state index contributed by atoms with van der Waals surface area (Å²) in [5, 5.41) is 9.53. The minimum atomic E-state index is -1.94. The molecule has 0 saturated heterocycles. The number of hydrogen-bond acceptors (Lipinski definition) is 3. The summed E-state index contributed by atoms with van der Waals surface area (Å²) in [4.78, 5) is 12.4. The van der Waals surface area contributed by atoms with Crippen LogP contribution in [0.3, 0.4) is 0 Å². The highest BCUT2D eigenvalue weighted by molar-refractivity contribution is 9.10. The van der Waals surface area contributed by atoms with Crippen LogP contribution in [-0.4, -0.2) is 15.3 Å². The van der Waals surface area contributed by atoms with E-state index in [0.717, 1.165) is 28.2 Å². The van der Waals surface area contributed by atoms with Crippen LogP contribution in [0.4, 0.5) is 10.1 Å². The molecule has 3 rings (SSSR count). The van der Waals surface area contributed by atoms with Gasteiger partial charge >= 0.3 is 5.97 Å². The number of anilines is 1. The van der Waals surface area contributed by atoms with Crippen molar-refractivity contribution in [2.24, 2.45) is 5.92 Å². The molecule has 0 aliphatic carbocycles. The van der Waals surface area contributed by atoms with E-state index in [-0.39, 0.29) is 15.5 Å². The molecule has 0 radical (unpaired) electrons. The Morgan fingerprint density at radius 1 is 1.21 bits per heavy atom. The monoisotopic (exact) mass is 495 g/mol. The largest absolute Gasteiger partial charge is 0.477 e. The third-order valence-electron chi connectivity index (χ3n) is 4.11. The fourth-order valence-electron chi connectivity index (χ4n) is 2.82. The summed E-state index contributed by atoms with van der Waals surface area (Å²) in [7, 11) is -1.94. The molecule has 0 spiro atoms. The Balaban J connectivity index is 1.89. The lowest BCUT2D eigenvalue weighted by atomic mass is 10.0. The molecular formula is C21H19BrFNO3S2. The summed E-state index contributed by atoms with van der Waals surface area (Å²) >= 11 is 4.24. The highest BCUT2D eigenvalue weighted by Gasteiger charge is 2.20. The van der Waals surface area contributed by atoms with E-state index in [1.54, 1.807) is 12.1 Å². The number of rotatable bonds is 7. The zero-order valence-electron chi connectivity index (χ0n) is 15.7. The average Bonchev–Trinajstić information content (AvgIpc) is 3.05. The predicted octanol–water partition coefficient (Wildman–Crippen LogP) is 6.35. The molecule has 0 amide bonds. The normalized spacial score (nSPS) is 12.2. The number of carbonyl (C=O) groups is 1. The molecular weight excluding hydrogens is 477 g/mol. The van der Waals surface area contributed by atoms with Gasteiger partial charge in [0.15, 0.2) is 11.0 Å². The van der Waals surface area contributed by atoms with Crippen LogP contribution in [0.15, 0.2) is 57.9 Å². The Bertz CT molecular complexity index is 1060. The van der Waals surface area contributed by atoms with Gasteiger partial charge in [-0.05, 0) is 47.7 Å². The van der Waals surface area contributed by atoms with Crippen molar-refractivity contribution in [2.75, 3.05) is 4.72 Å². The van der Waals surface area contributed by atoms with Gasteiger partial charge in [-0.15, -0.1) is 11.3 Å². The van der Waals surface area contributed by atoms with Crippen molar-refractivity contribution in [2.45, 2.75) is 25.2 Å². The molecule has 1 atom stereocenters. The number of halogens is 2. The second-order valence-electron chi connectivity index (χ2n) is 6.90. The maximum absolute atomic E-state index is 14.1. The van der Waals surface area contributed by atoms with Crippen molar-refractivity contribution in [3.63, 3.8) is 0 Å². The van der Waals surface area contributed by atoms with Crippen LogP contribution in [0.25, 0.3) is 10.4 Å². The van der Waals surface area contributed by atoms with Gasteiger partial charge in [-0.25, -0.2) is 13.4 Å². The molecule has 2 N–H and O–H groups in total. The second-order valence-corrected chi connectivity index (χ2v) is 10.0. The van der Waals surface area contributed by atoms with Gasteiger partial charge in [0, 0.05) is 9.35 Å². The molecule has 29 heavy (non-hydrogen) atoms. The standard InChI is InChI=1S/C21H19BrFNO3S2/c1-12(2)9-13-3-5-14(6-4-13)18-11-17(20(28-18)21(25)26)24-29(27)19-8-7-15(22)10-16(19)23/h3-8,10-12,24H,9H2,1-2H3,(H,25,26). The molecule has 4 nitrogen and oxygen atoms in total. The SMILES string of the molecule is CC(C)Cc1ccc(-c2cc(NS(=O)c3ccc(Br)cc3F)c(C(=O)O)s2)cc1. The number of carboxylic acids is 1. The lowest BCUT2D eigenvalue weighted by Crippen LogP contribution is -2.08. The smallest absolute Gasteiger partial charge is 0.348 e. The fourth-order valence-corrected chi connectivity index (χ4v) is 5.08. The van der Waals surface area contributed by atoms with Gasteiger partial charge < -0.3 is 5.11 Å². The minimum Gasteiger partial charge on any atom is -0.477 e. The maximum Gasteiger partial charge on any atom is 0.348 e. The number of benzene rings is 2. The predicted molar refractivity (Wildman–Crippen MR) is 119 cm³/mol. The van der Waals surface area contributed by atoms with Gasteiger partial charge in [0.25, 0.3) is 0 Å². The van der Waals surface area contributed by atoms with E-state index >= 15 is 0 Å². The van der Waals surface area contributed by atoms with Gasteiger partial charge in [0.05, 0.1) is 10.6 Å². The van der Waals surface area contributed by atoms with E-state index < -0.39 is 22.8 Å². The topological polar surface area (TPSA) is 66.4 Å². The van der Waals surface area contributed by atoms with Gasteiger partial charge in [-0.2, -0.15) is 0 Å². The molecule has 8 heteroatoms. The van der Waals surface area contributed by atoms with Crippen molar-refractivity contribution in [1.82, 2.24) is 0 Å². The lowest BCUT2D eigenvalue weighted by Gasteiger charge is -2.07. The Kier molecular flexibility index (Phi) is 6.87. The third-order valence-corrected chi connectivity index (χ3v) is 6.91. The number of aromatic carboxylic acids is 1. The summed E-state index contributed by atoms with van der Waals surface area (Å²) in [6.07, 6.45) is 0.968. The first-order chi connectivity index (χ1) is 13.7.